The lowest BCUT2D eigenvalue weighted by molar-refractivity contribution is 0.584. The molecule has 0 fully saturated rings. The molecule has 0 saturated heterocycles. The maximum atomic E-state index is 6.43. The van der Waals surface area contributed by atoms with Gasteiger partial charge in [0.05, 0.1) is 44.1 Å². The molecule has 0 amide bonds. The Kier molecular flexibility index (Phi) is 23.0. The predicted octanol–water partition coefficient (Wildman–Crippen LogP) is 37.5. The Labute approximate surface area is 844 Å². The van der Waals surface area contributed by atoms with Crippen LogP contribution in [0.1, 0.15) is 233 Å². The zero-order chi connectivity index (χ0) is 100. The highest BCUT2D eigenvalue weighted by molar-refractivity contribution is 6.14. The lowest BCUT2D eigenvalue weighted by Gasteiger charge is -2.26. The molecule has 0 saturated carbocycles. The summed E-state index contributed by atoms with van der Waals surface area (Å²) in [4.78, 5) is 4.76. The van der Waals surface area contributed by atoms with Gasteiger partial charge in [0.25, 0.3) is 0 Å². The maximum Gasteiger partial charge on any atom is 0.248 e. The van der Waals surface area contributed by atoms with Crippen LogP contribution < -0.4 is 9.80 Å². The molecular weight excluding hydrogens is 1740 g/mol. The zero-order valence-corrected chi connectivity index (χ0v) is 87.6. The van der Waals surface area contributed by atoms with Crippen LogP contribution in [0.5, 0.6) is 0 Å². The molecule has 0 spiro atoms. The molecule has 21 rings (SSSR count). The van der Waals surface area contributed by atoms with E-state index < -0.39 is 0 Å². The highest BCUT2D eigenvalue weighted by Gasteiger charge is 2.30. The highest BCUT2D eigenvalue weighted by atomic mass is 16.4. The standard InChI is InChI=1S/C134H132N8O/c1-127(2,3)91-41-69-117-109(77-91)110-78-92(128(4,5)6)42-70-118(110)139(117)105-61-53-101(54-62-105)137(102-55-63-106(64-56-102)140-119-71-43-93(129(7,8)9)79-111(119)112-80-94(130(10,11)12)44-72-120(112)140)99-49-33-87(34-50-99)27-25-85-29-37-89(38-30-85)125-135-136-126(143-125)90-39-31-86(32-40-90)26-28-88-35-51-100(52-36-88)138(103-57-65-107(66-58-103)141-121-73-45-95(131(13,14)15)81-113(121)114-82-96(132(16,17)18)46-74-122(114)141)104-59-67-108(68-60-104)142-123-75-47-97(133(19,20)21)83-115(123)116-84-98(134(22,23)24)48-76-124(116)142/h25-84H,1-24H3/b27-25+,28-26+. The predicted molar refractivity (Wildman–Crippen MR) is 612 cm³/mol. The van der Waals surface area contributed by atoms with Gasteiger partial charge in [-0.25, -0.2) is 0 Å². The van der Waals surface area contributed by atoms with Crippen LogP contribution in [-0.4, -0.2) is 28.5 Å². The second kappa shape index (κ2) is 35.0. The van der Waals surface area contributed by atoms with Crippen LogP contribution in [0.15, 0.2) is 344 Å². The molecule has 16 aromatic carbocycles. The van der Waals surface area contributed by atoms with E-state index in [9.17, 15) is 0 Å². The molecular formula is C134H132N8O. The van der Waals surface area contributed by atoms with Crippen LogP contribution in [0.2, 0.25) is 0 Å². The second-order valence-corrected chi connectivity index (χ2v) is 47.9. The molecule has 0 atom stereocenters. The summed E-state index contributed by atoms with van der Waals surface area (Å²) in [6.45, 7) is 55.3. The number of benzene rings is 16. The third-order valence-electron chi connectivity index (χ3n) is 29.4. The second-order valence-electron chi connectivity index (χ2n) is 47.9. The molecule has 21 aromatic rings. The molecule has 0 N–H and O–H groups in total. The number of fused-ring (bicyclic) bond motifs is 12. The van der Waals surface area contributed by atoms with Crippen LogP contribution >= 0.6 is 0 Å². The van der Waals surface area contributed by atoms with E-state index in [0.717, 1.165) is 90.3 Å². The number of aromatic nitrogens is 6. The van der Waals surface area contributed by atoms with Gasteiger partial charge in [-0.1, -0.05) is 288 Å². The van der Waals surface area contributed by atoms with E-state index in [-0.39, 0.29) is 43.3 Å². The monoisotopic (exact) mass is 1870 g/mol. The normalized spacial score (nSPS) is 13.0. The summed E-state index contributed by atoms with van der Waals surface area (Å²) in [6, 6.07) is 128. The van der Waals surface area contributed by atoms with Gasteiger partial charge in [-0.15, -0.1) is 10.2 Å². The van der Waals surface area contributed by atoms with Crippen molar-refractivity contribution in [2.24, 2.45) is 0 Å². The molecule has 0 aliphatic carbocycles. The number of rotatable bonds is 16. The fourth-order valence-corrected chi connectivity index (χ4v) is 20.6. The van der Waals surface area contributed by atoms with Crippen molar-refractivity contribution in [2.75, 3.05) is 9.80 Å². The molecule has 0 aliphatic rings. The average Bonchev–Trinajstić information content (AvgIpc) is 1.59. The highest BCUT2D eigenvalue weighted by Crippen LogP contribution is 2.48. The number of hydrogen-bond donors (Lipinski definition) is 0. The van der Waals surface area contributed by atoms with E-state index in [1.165, 1.54) is 132 Å². The summed E-state index contributed by atoms with van der Waals surface area (Å²) < 4.78 is 16.2. The summed E-state index contributed by atoms with van der Waals surface area (Å²) in [5, 5.41) is 19.3. The lowest BCUT2D eigenvalue weighted by Crippen LogP contribution is -2.11. The smallest absolute Gasteiger partial charge is 0.248 e. The van der Waals surface area contributed by atoms with Gasteiger partial charge in [-0.2, -0.15) is 0 Å². The van der Waals surface area contributed by atoms with E-state index in [1.54, 1.807) is 0 Å². The van der Waals surface area contributed by atoms with Crippen LogP contribution in [-0.2, 0) is 43.3 Å². The minimum atomic E-state index is 0.000105. The molecule has 9 heteroatoms. The van der Waals surface area contributed by atoms with E-state index in [2.05, 4.69) is 568 Å². The topological polar surface area (TPSA) is 65.1 Å². The first-order chi connectivity index (χ1) is 67.9. The lowest BCUT2D eigenvalue weighted by atomic mass is 9.85. The van der Waals surface area contributed by atoms with Gasteiger partial charge < -0.3 is 32.5 Å². The van der Waals surface area contributed by atoms with Gasteiger partial charge in [0.1, 0.15) is 0 Å². The van der Waals surface area contributed by atoms with Crippen molar-refractivity contribution in [3.8, 4) is 45.7 Å². The van der Waals surface area contributed by atoms with Crippen molar-refractivity contribution < 1.29 is 4.42 Å². The molecule has 9 nitrogen and oxygen atoms in total. The average molecular weight is 1870 g/mol. The van der Waals surface area contributed by atoms with Crippen molar-refractivity contribution in [3.05, 3.63) is 406 Å². The number of anilines is 6. The Morgan fingerprint density at radius 1 is 0.182 bits per heavy atom. The third-order valence-corrected chi connectivity index (χ3v) is 29.4. The first kappa shape index (κ1) is 94.2. The summed E-state index contributed by atoms with van der Waals surface area (Å²) in [7, 11) is 0. The zero-order valence-electron chi connectivity index (χ0n) is 87.6. The Morgan fingerprint density at radius 2 is 0.329 bits per heavy atom. The first-order valence-corrected chi connectivity index (χ1v) is 50.9. The van der Waals surface area contributed by atoms with Gasteiger partial charge in [0, 0.05) is 111 Å². The van der Waals surface area contributed by atoms with Crippen LogP contribution in [0.4, 0.5) is 34.1 Å². The van der Waals surface area contributed by atoms with Crippen LogP contribution in [0.3, 0.4) is 0 Å². The summed E-state index contributed by atoms with van der Waals surface area (Å²) in [5.41, 5.74) is 36.8. The maximum absolute atomic E-state index is 6.43. The van der Waals surface area contributed by atoms with Crippen molar-refractivity contribution in [3.63, 3.8) is 0 Å². The van der Waals surface area contributed by atoms with Gasteiger partial charge in [-0.05, 0) is 353 Å². The fourth-order valence-electron chi connectivity index (χ4n) is 20.6. The van der Waals surface area contributed by atoms with Crippen molar-refractivity contribution >= 4 is 146 Å². The van der Waals surface area contributed by atoms with E-state index >= 15 is 0 Å². The van der Waals surface area contributed by atoms with Crippen LogP contribution in [0.25, 0.3) is 157 Å². The van der Waals surface area contributed by atoms with Gasteiger partial charge >= 0.3 is 0 Å². The Morgan fingerprint density at radius 3 is 0.483 bits per heavy atom. The largest absolute Gasteiger partial charge is 0.416 e. The van der Waals surface area contributed by atoms with E-state index in [4.69, 9.17) is 4.42 Å². The van der Waals surface area contributed by atoms with E-state index in [1.807, 2.05) is 0 Å². The van der Waals surface area contributed by atoms with Crippen LogP contribution in [0, 0.1) is 0 Å². The molecule has 0 radical (unpaired) electrons. The SMILES string of the molecule is CC(C)(C)c1ccc2c(c1)c1cc(C(C)(C)C)ccc1n2-c1ccc(N(c2ccc(/C=C/c3ccc(-c4nnc(-c5ccc(/C=C/c6ccc(N(c7ccc(-n8c9ccc(C(C)(C)C)cc9c9cc(C(C)(C)C)ccc98)cc7)c7ccc(-n8c9ccc(C(C)(C)C)cc9c9cc(C(C)(C)C)ccc98)cc7)cc6)cc5)o4)cc3)cc2)c2ccc(-n3c4ccc(C(C)(C)C)cc4c4cc(C(C)(C)C)ccc43)cc2)cc1. The third kappa shape index (κ3) is 18.0. The molecule has 714 valence electrons. The van der Waals surface area contributed by atoms with Gasteiger partial charge in [0.2, 0.25) is 11.8 Å². The quantitative estimate of drug-likeness (QED) is 0.0902. The molecule has 5 aromatic heterocycles. The molecule has 143 heavy (non-hydrogen) atoms. The van der Waals surface area contributed by atoms with Crippen molar-refractivity contribution in [1.29, 1.82) is 0 Å². The number of nitrogens with zero attached hydrogens (tertiary/aromatic N) is 8. The van der Waals surface area contributed by atoms with E-state index in [0.29, 0.717) is 11.8 Å². The first-order valence-electron chi connectivity index (χ1n) is 50.9. The minimum absolute atomic E-state index is 0.000105. The minimum Gasteiger partial charge on any atom is -0.416 e. The Hall–Kier alpha value is -15.1. The summed E-state index contributed by atoms with van der Waals surface area (Å²) in [5.74, 6) is 0.917. The van der Waals surface area contributed by atoms with Gasteiger partial charge in [0.15, 0.2) is 0 Å². The molecule has 0 unspecified atom stereocenters. The molecule has 5 heterocycles. The van der Waals surface area contributed by atoms with Crippen molar-refractivity contribution in [1.82, 2.24) is 28.5 Å². The number of hydrogen-bond acceptors (Lipinski definition) is 5. The summed E-state index contributed by atoms with van der Waals surface area (Å²) >= 11 is 0. The summed E-state index contributed by atoms with van der Waals surface area (Å²) in [6.07, 6.45) is 8.67. The van der Waals surface area contributed by atoms with Gasteiger partial charge in [-0.3, -0.25) is 0 Å². The molecule has 0 bridgehead atoms. The van der Waals surface area contributed by atoms with Crippen molar-refractivity contribution in [2.45, 2.75) is 209 Å². The fraction of sp³-hybridized carbons (Fsp3) is 0.239. The Balaban J connectivity index is 0.538. The Bertz CT molecular complexity index is 7370. The molecule has 0 aliphatic heterocycles.